The van der Waals surface area contributed by atoms with Gasteiger partial charge >= 0.3 is 0 Å². The van der Waals surface area contributed by atoms with Crippen molar-refractivity contribution in [3.8, 4) is 0 Å². The first-order valence-electron chi connectivity index (χ1n) is 5.67. The summed E-state index contributed by atoms with van der Waals surface area (Å²) >= 11 is 0. The predicted molar refractivity (Wildman–Crippen MR) is 62.0 cm³/mol. The molecule has 0 atom stereocenters. The molecule has 1 saturated carbocycles. The Morgan fingerprint density at radius 3 is 2.40 bits per heavy atom. The second kappa shape index (κ2) is 5.27. The van der Waals surface area contributed by atoms with Crippen LogP contribution in [0.3, 0.4) is 0 Å². The topological polar surface area (TPSA) is 63.4 Å². The lowest BCUT2D eigenvalue weighted by molar-refractivity contribution is 0.396. The molecule has 0 radical (unpaired) electrons. The highest BCUT2D eigenvalue weighted by Crippen LogP contribution is 2.30. The van der Waals surface area contributed by atoms with Crippen molar-refractivity contribution in [3.05, 3.63) is 0 Å². The third-order valence-corrected chi connectivity index (χ3v) is 4.72. The van der Waals surface area contributed by atoms with E-state index in [1.54, 1.807) is 4.31 Å². The Bertz CT molecular complexity index is 284. The van der Waals surface area contributed by atoms with E-state index in [0.29, 0.717) is 13.1 Å². The summed E-state index contributed by atoms with van der Waals surface area (Å²) < 4.78 is 25.7. The largest absolute Gasteiger partial charge is 0.330 e. The zero-order valence-corrected chi connectivity index (χ0v) is 10.5. The second-order valence-corrected chi connectivity index (χ2v) is 6.62. The van der Waals surface area contributed by atoms with Gasteiger partial charge in [0.05, 0.1) is 5.75 Å². The average Bonchev–Trinajstić information content (AvgIpc) is 2.85. The van der Waals surface area contributed by atoms with Crippen LogP contribution >= 0.6 is 0 Å². The number of nitrogens with two attached hydrogens (primary N) is 1. The monoisotopic (exact) mass is 234 g/mol. The maximum absolute atomic E-state index is 12.0. The van der Waals surface area contributed by atoms with Crippen LogP contribution in [0.25, 0.3) is 0 Å². The number of sulfonamides is 1. The number of hydrogen-bond donors (Lipinski definition) is 1. The Balaban J connectivity index is 2.61. The highest BCUT2D eigenvalue weighted by atomic mass is 32.2. The van der Waals surface area contributed by atoms with Crippen LogP contribution < -0.4 is 5.73 Å². The van der Waals surface area contributed by atoms with Crippen LogP contribution in [0.4, 0.5) is 0 Å². The molecule has 0 unspecified atom stereocenters. The van der Waals surface area contributed by atoms with Crippen LogP contribution in [0.1, 0.15) is 33.1 Å². The van der Waals surface area contributed by atoms with E-state index in [0.717, 1.165) is 19.3 Å². The van der Waals surface area contributed by atoms with E-state index in [2.05, 4.69) is 0 Å². The molecule has 0 aliphatic heterocycles. The molecule has 15 heavy (non-hydrogen) atoms. The summed E-state index contributed by atoms with van der Waals surface area (Å²) in [6, 6.07) is 0.264. The Hall–Kier alpha value is -0.130. The van der Waals surface area contributed by atoms with Crippen LogP contribution in [0.5, 0.6) is 0 Å². The first kappa shape index (κ1) is 12.9. The van der Waals surface area contributed by atoms with Gasteiger partial charge in [-0.05, 0) is 31.7 Å². The van der Waals surface area contributed by atoms with Crippen molar-refractivity contribution < 1.29 is 8.42 Å². The van der Waals surface area contributed by atoms with E-state index in [1.165, 1.54) is 0 Å². The van der Waals surface area contributed by atoms with Gasteiger partial charge in [0.2, 0.25) is 10.0 Å². The molecule has 1 aliphatic rings. The van der Waals surface area contributed by atoms with Crippen molar-refractivity contribution >= 4 is 10.0 Å². The molecule has 0 saturated heterocycles. The van der Waals surface area contributed by atoms with Crippen molar-refractivity contribution in [2.75, 3.05) is 18.8 Å². The smallest absolute Gasteiger partial charge is 0.214 e. The molecular formula is C10H22N2O2S. The molecular weight excluding hydrogens is 212 g/mol. The number of rotatable bonds is 7. The zero-order valence-electron chi connectivity index (χ0n) is 9.65. The van der Waals surface area contributed by atoms with Gasteiger partial charge in [0.25, 0.3) is 0 Å². The van der Waals surface area contributed by atoms with E-state index >= 15 is 0 Å². The standard InChI is InChI=1S/C10H22N2O2S/c1-9(2)8-15(13,14)12(7-3-6-11)10-4-5-10/h9-10H,3-8,11H2,1-2H3. The summed E-state index contributed by atoms with van der Waals surface area (Å²) in [5.74, 6) is 0.447. The highest BCUT2D eigenvalue weighted by Gasteiger charge is 2.36. The van der Waals surface area contributed by atoms with E-state index in [9.17, 15) is 8.42 Å². The minimum Gasteiger partial charge on any atom is -0.330 e. The van der Waals surface area contributed by atoms with Crippen LogP contribution in [0, 0.1) is 5.92 Å². The van der Waals surface area contributed by atoms with Crippen molar-refractivity contribution in [2.45, 2.75) is 39.2 Å². The van der Waals surface area contributed by atoms with Gasteiger partial charge in [-0.1, -0.05) is 13.8 Å². The van der Waals surface area contributed by atoms with Gasteiger partial charge in [0, 0.05) is 12.6 Å². The summed E-state index contributed by atoms with van der Waals surface area (Å²) in [5.41, 5.74) is 5.42. The highest BCUT2D eigenvalue weighted by molar-refractivity contribution is 7.89. The lowest BCUT2D eigenvalue weighted by Gasteiger charge is -2.22. The molecule has 1 aliphatic carbocycles. The SMILES string of the molecule is CC(C)CS(=O)(=O)N(CCCN)C1CC1. The zero-order chi connectivity index (χ0) is 11.5. The van der Waals surface area contributed by atoms with E-state index < -0.39 is 10.0 Å². The maximum Gasteiger partial charge on any atom is 0.214 e. The number of nitrogens with zero attached hydrogens (tertiary/aromatic N) is 1. The van der Waals surface area contributed by atoms with Crippen molar-refractivity contribution in [2.24, 2.45) is 11.7 Å². The van der Waals surface area contributed by atoms with E-state index in [1.807, 2.05) is 13.8 Å². The van der Waals surface area contributed by atoms with Gasteiger partial charge in [-0.2, -0.15) is 4.31 Å². The van der Waals surface area contributed by atoms with Crippen molar-refractivity contribution in [1.82, 2.24) is 4.31 Å². The maximum atomic E-state index is 12.0. The van der Waals surface area contributed by atoms with Crippen LogP contribution in [-0.4, -0.2) is 37.6 Å². The van der Waals surface area contributed by atoms with Crippen LogP contribution in [0.2, 0.25) is 0 Å². The Morgan fingerprint density at radius 1 is 1.40 bits per heavy atom. The van der Waals surface area contributed by atoms with Gasteiger partial charge in [0.1, 0.15) is 0 Å². The van der Waals surface area contributed by atoms with Crippen LogP contribution in [0.15, 0.2) is 0 Å². The van der Waals surface area contributed by atoms with Gasteiger partial charge in [-0.3, -0.25) is 0 Å². The second-order valence-electron chi connectivity index (χ2n) is 4.66. The predicted octanol–water partition coefficient (Wildman–Crippen LogP) is 0.785. The summed E-state index contributed by atoms with van der Waals surface area (Å²) in [5, 5.41) is 0. The quantitative estimate of drug-likeness (QED) is 0.708. The molecule has 0 heterocycles. The van der Waals surface area contributed by atoms with Crippen molar-refractivity contribution in [1.29, 1.82) is 0 Å². The Labute approximate surface area is 92.9 Å². The van der Waals surface area contributed by atoms with Gasteiger partial charge < -0.3 is 5.73 Å². The minimum atomic E-state index is -3.05. The number of hydrogen-bond acceptors (Lipinski definition) is 3. The molecule has 0 aromatic rings. The summed E-state index contributed by atoms with van der Waals surface area (Å²) in [6.07, 6.45) is 2.79. The molecule has 0 aromatic carbocycles. The molecule has 1 rings (SSSR count). The molecule has 4 nitrogen and oxygen atoms in total. The third kappa shape index (κ3) is 4.09. The van der Waals surface area contributed by atoms with Gasteiger partial charge in [-0.25, -0.2) is 8.42 Å². The fourth-order valence-corrected chi connectivity index (χ4v) is 3.78. The Morgan fingerprint density at radius 2 is 2.00 bits per heavy atom. The molecule has 1 fully saturated rings. The molecule has 0 amide bonds. The third-order valence-electron chi connectivity index (χ3n) is 2.44. The van der Waals surface area contributed by atoms with Gasteiger partial charge in [0.15, 0.2) is 0 Å². The van der Waals surface area contributed by atoms with Crippen LogP contribution in [-0.2, 0) is 10.0 Å². The lowest BCUT2D eigenvalue weighted by Crippen LogP contribution is -2.37. The molecule has 2 N–H and O–H groups in total. The molecule has 5 heteroatoms. The molecule has 0 aromatic heterocycles. The van der Waals surface area contributed by atoms with E-state index in [-0.39, 0.29) is 17.7 Å². The summed E-state index contributed by atoms with van der Waals surface area (Å²) in [4.78, 5) is 0. The first-order valence-corrected chi connectivity index (χ1v) is 7.28. The fraction of sp³-hybridized carbons (Fsp3) is 1.00. The van der Waals surface area contributed by atoms with Crippen molar-refractivity contribution in [3.63, 3.8) is 0 Å². The molecule has 90 valence electrons. The normalized spacial score (nSPS) is 17.7. The van der Waals surface area contributed by atoms with E-state index in [4.69, 9.17) is 5.73 Å². The summed E-state index contributed by atoms with van der Waals surface area (Å²) in [6.45, 7) is 5.02. The average molecular weight is 234 g/mol. The fourth-order valence-electron chi connectivity index (χ4n) is 1.68. The molecule has 0 bridgehead atoms. The first-order chi connectivity index (χ1) is 6.97. The van der Waals surface area contributed by atoms with Gasteiger partial charge in [-0.15, -0.1) is 0 Å². The Kier molecular flexibility index (Phi) is 4.55. The minimum absolute atomic E-state index is 0.189. The summed E-state index contributed by atoms with van der Waals surface area (Å²) in [7, 11) is -3.05. The molecule has 0 spiro atoms. The lowest BCUT2D eigenvalue weighted by atomic mass is 10.3.